The van der Waals surface area contributed by atoms with Crippen LogP contribution in [-0.2, 0) is 11.3 Å². The van der Waals surface area contributed by atoms with Crippen molar-refractivity contribution < 1.29 is 9.53 Å². The zero-order chi connectivity index (χ0) is 13.7. The number of nitrogens with zero attached hydrogens (tertiary/aromatic N) is 2. The Morgan fingerprint density at radius 2 is 2.05 bits per heavy atom. The summed E-state index contributed by atoms with van der Waals surface area (Å²) >= 11 is 1.48. The zero-order valence-corrected chi connectivity index (χ0v) is 11.6. The van der Waals surface area contributed by atoms with Crippen molar-refractivity contribution in [2.45, 2.75) is 18.7 Å². The Morgan fingerprint density at radius 1 is 1.32 bits per heavy atom. The quantitative estimate of drug-likeness (QED) is 0.487. The first-order chi connectivity index (χ1) is 9.20. The van der Waals surface area contributed by atoms with Gasteiger partial charge in [-0.2, -0.15) is 0 Å². The molecule has 19 heavy (non-hydrogen) atoms. The van der Waals surface area contributed by atoms with E-state index in [2.05, 4.69) is 9.97 Å². The summed E-state index contributed by atoms with van der Waals surface area (Å²) in [7, 11) is 0. The molecule has 0 spiro atoms. The topological polar surface area (TPSA) is 52.1 Å². The summed E-state index contributed by atoms with van der Waals surface area (Å²) in [5, 5.41) is 0.718. The Hall–Kier alpha value is -1.88. The molecule has 1 aromatic heterocycles. The highest BCUT2D eigenvalue weighted by molar-refractivity contribution is 7.98. The minimum Gasteiger partial charge on any atom is -0.457 e. The summed E-state index contributed by atoms with van der Waals surface area (Å²) < 4.78 is 5.24. The van der Waals surface area contributed by atoms with E-state index < -0.39 is 0 Å². The number of thioether (sulfide) groups is 1. The Morgan fingerprint density at radius 3 is 2.68 bits per heavy atom. The molecule has 4 nitrogen and oxygen atoms in total. The van der Waals surface area contributed by atoms with Crippen LogP contribution in [0.5, 0.6) is 0 Å². The highest BCUT2D eigenvalue weighted by atomic mass is 32.2. The number of ether oxygens (including phenoxy) is 1. The molecule has 0 unspecified atom stereocenters. The predicted octanol–water partition coefficient (Wildman–Crippen LogP) is 2.86. The standard InChI is InChI=1S/C14H14N2O2S/c1-10-12(8-15-14(16-10)19-2)9-18-13(17)11-6-4-3-5-7-11/h3-8H,9H2,1-2H3. The number of carbonyl (C=O) groups is 1. The van der Waals surface area contributed by atoms with Crippen molar-refractivity contribution in [3.05, 3.63) is 53.3 Å². The first-order valence-electron chi connectivity index (χ1n) is 5.79. The van der Waals surface area contributed by atoms with E-state index in [1.165, 1.54) is 11.8 Å². The number of esters is 1. The van der Waals surface area contributed by atoms with Crippen molar-refractivity contribution in [2.24, 2.45) is 0 Å². The molecule has 98 valence electrons. The minimum absolute atomic E-state index is 0.189. The van der Waals surface area contributed by atoms with Gasteiger partial charge in [-0.25, -0.2) is 14.8 Å². The van der Waals surface area contributed by atoms with Gasteiger partial charge in [-0.05, 0) is 25.3 Å². The fraction of sp³-hybridized carbons (Fsp3) is 0.214. The van der Waals surface area contributed by atoms with Gasteiger partial charge >= 0.3 is 5.97 Å². The van der Waals surface area contributed by atoms with E-state index in [1.807, 2.05) is 19.2 Å². The predicted molar refractivity (Wildman–Crippen MR) is 74.1 cm³/mol. The summed E-state index contributed by atoms with van der Waals surface area (Å²) in [4.78, 5) is 20.3. The van der Waals surface area contributed by atoms with Gasteiger partial charge < -0.3 is 4.74 Å². The van der Waals surface area contributed by atoms with E-state index in [4.69, 9.17) is 4.74 Å². The molecule has 0 saturated heterocycles. The lowest BCUT2D eigenvalue weighted by Crippen LogP contribution is -2.07. The number of hydrogen-bond donors (Lipinski definition) is 0. The van der Waals surface area contributed by atoms with Gasteiger partial charge in [-0.15, -0.1) is 0 Å². The van der Waals surface area contributed by atoms with Crippen LogP contribution in [0.1, 0.15) is 21.6 Å². The van der Waals surface area contributed by atoms with Crippen LogP contribution in [0.2, 0.25) is 0 Å². The van der Waals surface area contributed by atoms with Crippen molar-refractivity contribution in [1.29, 1.82) is 0 Å². The van der Waals surface area contributed by atoms with E-state index in [0.29, 0.717) is 5.56 Å². The van der Waals surface area contributed by atoms with Crippen molar-refractivity contribution >= 4 is 17.7 Å². The second-order valence-electron chi connectivity index (χ2n) is 3.91. The van der Waals surface area contributed by atoms with Gasteiger partial charge in [0.25, 0.3) is 0 Å². The third-order valence-corrected chi connectivity index (χ3v) is 3.17. The van der Waals surface area contributed by atoms with Crippen LogP contribution in [-0.4, -0.2) is 22.2 Å². The van der Waals surface area contributed by atoms with Crippen LogP contribution in [0.4, 0.5) is 0 Å². The summed E-state index contributed by atoms with van der Waals surface area (Å²) in [5.41, 5.74) is 2.20. The van der Waals surface area contributed by atoms with Gasteiger partial charge in [0.05, 0.1) is 5.56 Å². The molecule has 0 amide bonds. The molecule has 0 radical (unpaired) electrons. The maximum atomic E-state index is 11.8. The molecule has 0 saturated carbocycles. The molecule has 2 rings (SSSR count). The first-order valence-corrected chi connectivity index (χ1v) is 7.02. The monoisotopic (exact) mass is 274 g/mol. The average Bonchev–Trinajstić information content (AvgIpc) is 2.46. The Balaban J connectivity index is 2.01. The van der Waals surface area contributed by atoms with E-state index in [9.17, 15) is 4.79 Å². The Kier molecular flexibility index (Phi) is 4.52. The number of rotatable bonds is 4. The minimum atomic E-state index is -0.339. The maximum absolute atomic E-state index is 11.8. The van der Waals surface area contributed by atoms with Crippen LogP contribution in [0, 0.1) is 6.92 Å². The molecule has 1 aromatic carbocycles. The summed E-state index contributed by atoms with van der Waals surface area (Å²) in [6.07, 6.45) is 3.62. The third-order valence-electron chi connectivity index (χ3n) is 2.61. The Labute approximate surface area is 116 Å². The van der Waals surface area contributed by atoms with Crippen LogP contribution in [0.15, 0.2) is 41.7 Å². The number of carbonyl (C=O) groups excluding carboxylic acids is 1. The van der Waals surface area contributed by atoms with E-state index >= 15 is 0 Å². The van der Waals surface area contributed by atoms with E-state index in [-0.39, 0.29) is 12.6 Å². The number of benzene rings is 1. The molecule has 1 heterocycles. The largest absolute Gasteiger partial charge is 0.457 e. The lowest BCUT2D eigenvalue weighted by Gasteiger charge is -2.07. The molecule has 0 atom stereocenters. The van der Waals surface area contributed by atoms with Gasteiger partial charge in [0.2, 0.25) is 0 Å². The van der Waals surface area contributed by atoms with Gasteiger partial charge in [0.15, 0.2) is 5.16 Å². The number of aryl methyl sites for hydroxylation is 1. The molecule has 5 heteroatoms. The SMILES string of the molecule is CSc1ncc(COC(=O)c2ccccc2)c(C)n1. The zero-order valence-electron chi connectivity index (χ0n) is 10.8. The smallest absolute Gasteiger partial charge is 0.338 e. The lowest BCUT2D eigenvalue weighted by molar-refractivity contribution is 0.0471. The van der Waals surface area contributed by atoms with E-state index in [1.54, 1.807) is 30.5 Å². The molecule has 0 bridgehead atoms. The molecule has 0 aliphatic heterocycles. The van der Waals surface area contributed by atoms with Crippen molar-refractivity contribution in [3.63, 3.8) is 0 Å². The van der Waals surface area contributed by atoms with Crippen LogP contribution < -0.4 is 0 Å². The van der Waals surface area contributed by atoms with Crippen LogP contribution in [0.3, 0.4) is 0 Å². The van der Waals surface area contributed by atoms with Crippen molar-refractivity contribution in [3.8, 4) is 0 Å². The maximum Gasteiger partial charge on any atom is 0.338 e. The molecule has 0 aliphatic rings. The molecular formula is C14H14N2O2S. The van der Waals surface area contributed by atoms with Gasteiger partial charge in [-0.1, -0.05) is 30.0 Å². The second kappa shape index (κ2) is 6.33. The molecule has 0 fully saturated rings. The van der Waals surface area contributed by atoms with Gasteiger partial charge in [0, 0.05) is 17.5 Å². The van der Waals surface area contributed by atoms with Gasteiger partial charge in [0.1, 0.15) is 6.61 Å². The normalized spacial score (nSPS) is 10.2. The van der Waals surface area contributed by atoms with Crippen molar-refractivity contribution in [2.75, 3.05) is 6.26 Å². The second-order valence-corrected chi connectivity index (χ2v) is 4.68. The Bertz CT molecular complexity index is 573. The van der Waals surface area contributed by atoms with Crippen LogP contribution >= 0.6 is 11.8 Å². The molecular weight excluding hydrogens is 260 g/mol. The lowest BCUT2D eigenvalue weighted by atomic mass is 10.2. The average molecular weight is 274 g/mol. The van der Waals surface area contributed by atoms with Gasteiger partial charge in [-0.3, -0.25) is 0 Å². The molecule has 0 aliphatic carbocycles. The highest BCUT2D eigenvalue weighted by Gasteiger charge is 2.08. The third kappa shape index (κ3) is 3.54. The molecule has 2 aromatic rings. The van der Waals surface area contributed by atoms with Crippen molar-refractivity contribution in [1.82, 2.24) is 9.97 Å². The summed E-state index contributed by atoms with van der Waals surface area (Å²) in [6.45, 7) is 2.07. The van der Waals surface area contributed by atoms with E-state index in [0.717, 1.165) is 16.4 Å². The molecule has 0 N–H and O–H groups in total. The highest BCUT2D eigenvalue weighted by Crippen LogP contribution is 2.13. The first kappa shape index (κ1) is 13.5. The number of hydrogen-bond acceptors (Lipinski definition) is 5. The fourth-order valence-corrected chi connectivity index (χ4v) is 1.90. The van der Waals surface area contributed by atoms with Crippen LogP contribution in [0.25, 0.3) is 0 Å². The summed E-state index contributed by atoms with van der Waals surface area (Å²) in [5.74, 6) is -0.339. The summed E-state index contributed by atoms with van der Waals surface area (Å²) in [6, 6.07) is 8.91. The number of aromatic nitrogens is 2. The fourth-order valence-electron chi connectivity index (χ4n) is 1.51.